The molecule has 3 heterocycles. The van der Waals surface area contributed by atoms with Crippen LogP contribution < -0.4 is 15.2 Å². The highest BCUT2D eigenvalue weighted by atomic mass is 32.2. The maximum Gasteiger partial charge on any atom is 0.296 e. The summed E-state index contributed by atoms with van der Waals surface area (Å²) in [5, 5.41) is 4.93. The van der Waals surface area contributed by atoms with Gasteiger partial charge in [-0.3, -0.25) is 19.2 Å². The highest BCUT2D eigenvalue weighted by Crippen LogP contribution is 2.38. The molecule has 0 bridgehead atoms. The number of carbonyl (C=O) groups is 1. The molecule has 8 nitrogen and oxygen atoms in total. The molecule has 5 aromatic rings. The molecule has 0 saturated carbocycles. The topological polar surface area (TPSA) is 74.3 Å². The number of carbonyl (C=O) groups excluding carboxylic acids is 1. The number of benzene rings is 3. The van der Waals surface area contributed by atoms with Gasteiger partial charge in [0.05, 0.1) is 28.6 Å². The summed E-state index contributed by atoms with van der Waals surface area (Å²) in [6.45, 7) is 6.55. The van der Waals surface area contributed by atoms with Crippen LogP contribution in [0.25, 0.3) is 28.7 Å². The number of rotatable bonds is 8. The van der Waals surface area contributed by atoms with Gasteiger partial charge in [0.1, 0.15) is 17.1 Å². The third-order valence-electron chi connectivity index (χ3n) is 7.50. The van der Waals surface area contributed by atoms with Crippen molar-refractivity contribution in [2.75, 3.05) is 11.5 Å². The summed E-state index contributed by atoms with van der Waals surface area (Å²) in [6, 6.07) is 25.1. The summed E-state index contributed by atoms with van der Waals surface area (Å²) in [6.07, 6.45) is 4.64. The van der Waals surface area contributed by atoms with Crippen LogP contribution in [0.2, 0.25) is 0 Å². The van der Waals surface area contributed by atoms with Crippen molar-refractivity contribution in [1.82, 2.24) is 19.1 Å². The molecule has 222 valence electrons. The smallest absolute Gasteiger partial charge is 0.296 e. The molecular formula is C34H31N5O3S2. The molecule has 6 rings (SSSR count). The van der Waals surface area contributed by atoms with Gasteiger partial charge in [-0.05, 0) is 74.4 Å². The lowest BCUT2D eigenvalue weighted by atomic mass is 10.0. The van der Waals surface area contributed by atoms with Gasteiger partial charge in [-0.25, -0.2) is 9.36 Å². The van der Waals surface area contributed by atoms with Crippen molar-refractivity contribution in [3.8, 4) is 28.4 Å². The minimum Gasteiger partial charge on any atom is -0.493 e. The van der Waals surface area contributed by atoms with Gasteiger partial charge >= 0.3 is 0 Å². The average molecular weight is 622 g/mol. The van der Waals surface area contributed by atoms with E-state index in [1.54, 1.807) is 21.1 Å². The first kappa shape index (κ1) is 29.4. The summed E-state index contributed by atoms with van der Waals surface area (Å²) >= 11 is 6.87. The van der Waals surface area contributed by atoms with Gasteiger partial charge in [0.2, 0.25) is 0 Å². The molecule has 44 heavy (non-hydrogen) atoms. The summed E-state index contributed by atoms with van der Waals surface area (Å²) in [5.41, 5.74) is 5.53. The number of aromatic nitrogens is 4. The van der Waals surface area contributed by atoms with Crippen molar-refractivity contribution < 1.29 is 9.53 Å². The fourth-order valence-electron chi connectivity index (χ4n) is 5.21. The molecule has 1 amide bonds. The monoisotopic (exact) mass is 621 g/mol. The van der Waals surface area contributed by atoms with Crippen LogP contribution in [0.4, 0.5) is 5.69 Å². The van der Waals surface area contributed by atoms with Crippen LogP contribution in [0, 0.1) is 13.8 Å². The van der Waals surface area contributed by atoms with Gasteiger partial charge in [-0.2, -0.15) is 5.10 Å². The van der Waals surface area contributed by atoms with E-state index in [2.05, 4.69) is 6.92 Å². The zero-order valence-corrected chi connectivity index (χ0v) is 26.5. The summed E-state index contributed by atoms with van der Waals surface area (Å²) in [5.74, 6) is 0.490. The summed E-state index contributed by atoms with van der Waals surface area (Å²) in [7, 11) is 1.80. The van der Waals surface area contributed by atoms with Crippen molar-refractivity contribution in [2.24, 2.45) is 7.05 Å². The van der Waals surface area contributed by atoms with E-state index in [9.17, 15) is 9.59 Å². The molecule has 1 aliphatic heterocycles. The normalized spacial score (nSPS) is 14.2. The Morgan fingerprint density at radius 2 is 1.64 bits per heavy atom. The predicted octanol–water partition coefficient (Wildman–Crippen LogP) is 6.84. The van der Waals surface area contributed by atoms with Crippen molar-refractivity contribution in [2.45, 2.75) is 27.2 Å². The molecule has 2 aromatic heterocycles. The van der Waals surface area contributed by atoms with Crippen LogP contribution >= 0.6 is 24.0 Å². The number of ether oxygens (including phenoxy) is 1. The molecule has 1 fully saturated rings. The van der Waals surface area contributed by atoms with Crippen molar-refractivity contribution in [3.63, 3.8) is 0 Å². The molecule has 3 aromatic carbocycles. The number of para-hydroxylation sites is 2. The Hall–Kier alpha value is -4.67. The van der Waals surface area contributed by atoms with Gasteiger partial charge < -0.3 is 4.74 Å². The Morgan fingerprint density at radius 1 is 0.955 bits per heavy atom. The number of nitrogens with zero attached hydrogens (tertiary/aromatic N) is 5. The standard InChI is InChI=1S/C34H31N5O3S2/c1-5-18-42-28-17-16-24(19-22(28)2)30-25(21-37(35-30)26-12-8-6-9-13-26)20-29-32(40)38(34(43)44-29)31-23(3)36(4)39(33(31)41)27-14-10-7-11-15-27/h6-17,19-21H,5,18H2,1-4H3/b29-20-. The molecule has 0 atom stereocenters. The fraction of sp³-hybridized carbons (Fsp3) is 0.176. The average Bonchev–Trinajstić information content (AvgIpc) is 3.64. The van der Waals surface area contributed by atoms with Crippen molar-refractivity contribution in [1.29, 1.82) is 0 Å². The van der Waals surface area contributed by atoms with Crippen LogP contribution in [-0.4, -0.2) is 36.0 Å². The van der Waals surface area contributed by atoms with E-state index in [1.807, 2.05) is 105 Å². The third-order valence-corrected chi connectivity index (χ3v) is 8.80. The Balaban J connectivity index is 1.42. The van der Waals surface area contributed by atoms with E-state index in [4.69, 9.17) is 22.1 Å². The second-order valence-corrected chi connectivity index (χ2v) is 12.1. The Bertz CT molecular complexity index is 1970. The molecule has 10 heteroatoms. The van der Waals surface area contributed by atoms with Crippen molar-refractivity contribution in [3.05, 3.63) is 117 Å². The minimum atomic E-state index is -0.344. The highest BCUT2D eigenvalue weighted by Gasteiger charge is 2.38. The van der Waals surface area contributed by atoms with Gasteiger partial charge in [0.15, 0.2) is 4.32 Å². The summed E-state index contributed by atoms with van der Waals surface area (Å²) < 4.78 is 11.3. The van der Waals surface area contributed by atoms with Gasteiger partial charge in [-0.1, -0.05) is 67.3 Å². The fourth-order valence-corrected chi connectivity index (χ4v) is 6.48. The first-order chi connectivity index (χ1) is 21.3. The second kappa shape index (κ2) is 12.1. The maximum absolute atomic E-state index is 14.0. The van der Waals surface area contributed by atoms with Crippen LogP contribution in [0.5, 0.6) is 5.75 Å². The van der Waals surface area contributed by atoms with Crippen LogP contribution in [0.1, 0.15) is 30.2 Å². The number of thiocarbonyl (C=S) groups is 1. The molecule has 1 aliphatic rings. The minimum absolute atomic E-state index is 0.251. The van der Waals surface area contributed by atoms with Gasteiger partial charge in [0, 0.05) is 24.4 Å². The van der Waals surface area contributed by atoms with Crippen LogP contribution in [0.3, 0.4) is 0 Å². The summed E-state index contributed by atoms with van der Waals surface area (Å²) in [4.78, 5) is 29.4. The Kier molecular flexibility index (Phi) is 8.11. The zero-order valence-electron chi connectivity index (χ0n) is 24.9. The SMILES string of the molecule is CCCOc1ccc(-c2nn(-c3ccccc3)cc2/C=C2\SC(=S)N(c3c(C)n(C)n(-c4ccccc4)c3=O)C2=O)cc1C. The lowest BCUT2D eigenvalue weighted by molar-refractivity contribution is -0.113. The largest absolute Gasteiger partial charge is 0.493 e. The molecule has 1 saturated heterocycles. The highest BCUT2D eigenvalue weighted by molar-refractivity contribution is 8.27. The van der Waals surface area contributed by atoms with Gasteiger partial charge in [-0.15, -0.1) is 0 Å². The van der Waals surface area contributed by atoms with Gasteiger partial charge in [0.25, 0.3) is 11.5 Å². The lowest BCUT2D eigenvalue weighted by Gasteiger charge is -2.12. The second-order valence-electron chi connectivity index (χ2n) is 10.5. The van der Waals surface area contributed by atoms with E-state index in [-0.39, 0.29) is 17.2 Å². The third kappa shape index (κ3) is 5.31. The molecule has 0 spiro atoms. The first-order valence-electron chi connectivity index (χ1n) is 14.3. The van der Waals surface area contributed by atoms with E-state index < -0.39 is 0 Å². The lowest BCUT2D eigenvalue weighted by Crippen LogP contribution is -2.33. The number of thioether (sulfide) groups is 1. The maximum atomic E-state index is 14.0. The molecule has 0 unspecified atom stereocenters. The molecule has 0 N–H and O–H groups in total. The number of anilines is 1. The Morgan fingerprint density at radius 3 is 2.30 bits per heavy atom. The number of aryl methyl sites for hydroxylation is 1. The molecular weight excluding hydrogens is 591 g/mol. The first-order valence-corrected chi connectivity index (χ1v) is 15.5. The van der Waals surface area contributed by atoms with E-state index in [0.717, 1.165) is 34.5 Å². The predicted molar refractivity (Wildman–Crippen MR) is 181 cm³/mol. The van der Waals surface area contributed by atoms with Crippen molar-refractivity contribution >= 4 is 46.0 Å². The van der Waals surface area contributed by atoms with E-state index >= 15 is 0 Å². The Labute approximate surface area is 265 Å². The molecule has 0 radical (unpaired) electrons. The number of hydrogen-bond donors (Lipinski definition) is 0. The quantitative estimate of drug-likeness (QED) is 0.140. The molecule has 0 aliphatic carbocycles. The number of amides is 1. The van der Waals surface area contributed by atoms with E-state index in [1.165, 1.54) is 16.7 Å². The zero-order chi connectivity index (χ0) is 31.0. The van der Waals surface area contributed by atoms with Crippen LogP contribution in [0.15, 0.2) is 94.8 Å². The number of hydrogen-bond acceptors (Lipinski definition) is 6. The van der Waals surface area contributed by atoms with E-state index in [0.29, 0.717) is 32.9 Å². The van der Waals surface area contributed by atoms with Crippen LogP contribution in [-0.2, 0) is 11.8 Å².